The van der Waals surface area contributed by atoms with Crippen LogP contribution in [0.5, 0.6) is 0 Å². The minimum Gasteiger partial charge on any atom is -0.444 e. The molecule has 0 spiro atoms. The van der Waals surface area contributed by atoms with Gasteiger partial charge in [0, 0.05) is 12.6 Å². The van der Waals surface area contributed by atoms with Crippen LogP contribution in [0, 0.1) is 0 Å². The molecule has 1 atom stereocenters. The fraction of sp³-hybridized carbons (Fsp3) is 0.348. The zero-order chi connectivity index (χ0) is 21.0. The molecule has 29 heavy (non-hydrogen) atoms. The SMILES string of the molecule is CC(C)(C)OC(=O)N[C@@H](CCN1C(=O)c2ccccc2C1=O)Cc1ccccc1. The van der Waals surface area contributed by atoms with Gasteiger partial charge in [-0.1, -0.05) is 42.5 Å². The number of hydrogen-bond acceptors (Lipinski definition) is 4. The van der Waals surface area contributed by atoms with E-state index in [-0.39, 0.29) is 24.4 Å². The molecule has 1 N–H and O–H groups in total. The number of carbonyl (C=O) groups excluding carboxylic acids is 3. The summed E-state index contributed by atoms with van der Waals surface area (Å²) in [5.41, 5.74) is 1.30. The van der Waals surface area contributed by atoms with Crippen molar-refractivity contribution in [2.24, 2.45) is 0 Å². The van der Waals surface area contributed by atoms with Gasteiger partial charge in [-0.05, 0) is 51.3 Å². The second-order valence-electron chi connectivity index (χ2n) is 8.13. The number of fused-ring (bicyclic) bond motifs is 1. The maximum atomic E-state index is 12.6. The van der Waals surface area contributed by atoms with Crippen molar-refractivity contribution in [1.82, 2.24) is 10.2 Å². The highest BCUT2D eigenvalue weighted by atomic mass is 16.6. The van der Waals surface area contributed by atoms with Gasteiger partial charge >= 0.3 is 6.09 Å². The first-order chi connectivity index (χ1) is 13.7. The van der Waals surface area contributed by atoms with Crippen molar-refractivity contribution in [1.29, 1.82) is 0 Å². The number of nitrogens with one attached hydrogen (secondary N) is 1. The lowest BCUT2D eigenvalue weighted by Crippen LogP contribution is -2.42. The van der Waals surface area contributed by atoms with Crippen LogP contribution in [0.25, 0.3) is 0 Å². The molecule has 0 aromatic heterocycles. The topological polar surface area (TPSA) is 75.7 Å². The summed E-state index contributed by atoms with van der Waals surface area (Å²) in [6, 6.07) is 16.3. The predicted octanol–water partition coefficient (Wildman–Crippen LogP) is 3.81. The highest BCUT2D eigenvalue weighted by Gasteiger charge is 2.35. The normalized spacial score (nSPS) is 14.5. The average molecular weight is 394 g/mol. The van der Waals surface area contributed by atoms with E-state index in [1.807, 2.05) is 30.3 Å². The van der Waals surface area contributed by atoms with Crippen molar-refractivity contribution in [3.63, 3.8) is 0 Å². The zero-order valence-corrected chi connectivity index (χ0v) is 17.0. The highest BCUT2D eigenvalue weighted by Crippen LogP contribution is 2.23. The van der Waals surface area contributed by atoms with Gasteiger partial charge in [-0.25, -0.2) is 4.79 Å². The Morgan fingerprint density at radius 3 is 2.07 bits per heavy atom. The minimum absolute atomic E-state index is 0.222. The fourth-order valence-electron chi connectivity index (χ4n) is 3.33. The van der Waals surface area contributed by atoms with E-state index in [1.54, 1.807) is 45.0 Å². The first kappa shape index (κ1) is 20.6. The number of amides is 3. The summed E-state index contributed by atoms with van der Waals surface area (Å²) >= 11 is 0. The van der Waals surface area contributed by atoms with Crippen LogP contribution in [-0.2, 0) is 11.2 Å². The first-order valence-corrected chi connectivity index (χ1v) is 9.73. The van der Waals surface area contributed by atoms with Crippen molar-refractivity contribution < 1.29 is 19.1 Å². The molecule has 0 radical (unpaired) electrons. The Morgan fingerprint density at radius 1 is 0.966 bits per heavy atom. The molecule has 6 nitrogen and oxygen atoms in total. The number of carbonyl (C=O) groups is 3. The second-order valence-corrected chi connectivity index (χ2v) is 8.13. The molecular formula is C23H26N2O4. The Balaban J connectivity index is 1.69. The van der Waals surface area contributed by atoms with Gasteiger partial charge in [0.25, 0.3) is 11.8 Å². The summed E-state index contributed by atoms with van der Waals surface area (Å²) in [5.74, 6) is -0.581. The zero-order valence-electron chi connectivity index (χ0n) is 17.0. The van der Waals surface area contributed by atoms with E-state index in [4.69, 9.17) is 4.74 Å². The molecule has 2 aromatic rings. The molecule has 1 aliphatic rings. The molecule has 6 heteroatoms. The monoisotopic (exact) mass is 394 g/mol. The molecule has 0 fully saturated rings. The Bertz CT molecular complexity index is 868. The largest absolute Gasteiger partial charge is 0.444 e. The smallest absolute Gasteiger partial charge is 0.407 e. The number of benzene rings is 2. The lowest BCUT2D eigenvalue weighted by molar-refractivity contribution is 0.0499. The maximum absolute atomic E-state index is 12.6. The molecule has 0 unspecified atom stereocenters. The lowest BCUT2D eigenvalue weighted by Gasteiger charge is -2.25. The van der Waals surface area contributed by atoms with Crippen LogP contribution >= 0.6 is 0 Å². The molecule has 2 aromatic carbocycles. The molecule has 0 aliphatic carbocycles. The van der Waals surface area contributed by atoms with E-state index in [2.05, 4.69) is 5.32 Å². The Hall–Kier alpha value is -3.15. The minimum atomic E-state index is -0.607. The number of ether oxygens (including phenoxy) is 1. The molecule has 3 rings (SSSR count). The third-order valence-corrected chi connectivity index (χ3v) is 4.63. The number of hydrogen-bond donors (Lipinski definition) is 1. The van der Waals surface area contributed by atoms with Crippen molar-refractivity contribution in [3.05, 3.63) is 71.3 Å². The standard InChI is InChI=1S/C23H26N2O4/c1-23(2,3)29-22(28)24-17(15-16-9-5-4-6-10-16)13-14-25-20(26)18-11-7-8-12-19(18)21(25)27/h4-12,17H,13-15H2,1-3H3,(H,24,28)/t17-/m0/s1. The van der Waals surface area contributed by atoms with E-state index in [1.165, 1.54) is 4.90 Å². The lowest BCUT2D eigenvalue weighted by atomic mass is 10.0. The molecule has 3 amide bonds. The first-order valence-electron chi connectivity index (χ1n) is 9.73. The fourth-order valence-corrected chi connectivity index (χ4v) is 3.33. The van der Waals surface area contributed by atoms with E-state index in [9.17, 15) is 14.4 Å². The van der Waals surface area contributed by atoms with Crippen molar-refractivity contribution in [2.45, 2.75) is 45.3 Å². The number of alkyl carbamates (subject to hydrolysis) is 1. The molecule has 152 valence electrons. The maximum Gasteiger partial charge on any atom is 0.407 e. The number of imide groups is 1. The van der Waals surface area contributed by atoms with Crippen molar-refractivity contribution in [3.8, 4) is 0 Å². The molecule has 0 saturated heterocycles. The summed E-state index contributed by atoms with van der Waals surface area (Å²) in [7, 11) is 0. The van der Waals surface area contributed by atoms with E-state index < -0.39 is 11.7 Å². The summed E-state index contributed by atoms with van der Waals surface area (Å²) in [6.45, 7) is 5.63. The summed E-state index contributed by atoms with van der Waals surface area (Å²) in [5, 5.41) is 2.89. The highest BCUT2D eigenvalue weighted by molar-refractivity contribution is 6.21. The van der Waals surface area contributed by atoms with E-state index in [0.717, 1.165) is 5.56 Å². The van der Waals surface area contributed by atoms with Crippen LogP contribution in [-0.4, -0.2) is 41.0 Å². The van der Waals surface area contributed by atoms with Crippen LogP contribution in [0.15, 0.2) is 54.6 Å². The van der Waals surface area contributed by atoms with E-state index >= 15 is 0 Å². The molecular weight excluding hydrogens is 368 g/mol. The summed E-state index contributed by atoms with van der Waals surface area (Å²) in [6.07, 6.45) is 0.490. The van der Waals surface area contributed by atoms with Crippen LogP contribution in [0.1, 0.15) is 53.5 Å². The molecule has 1 heterocycles. The van der Waals surface area contributed by atoms with Gasteiger partial charge in [0.1, 0.15) is 5.60 Å². The Morgan fingerprint density at radius 2 is 1.52 bits per heavy atom. The van der Waals surface area contributed by atoms with Gasteiger partial charge < -0.3 is 10.1 Å². The number of rotatable bonds is 6. The predicted molar refractivity (Wildman–Crippen MR) is 110 cm³/mol. The quantitative estimate of drug-likeness (QED) is 0.756. The molecule has 0 bridgehead atoms. The average Bonchev–Trinajstić information content (AvgIpc) is 2.90. The van der Waals surface area contributed by atoms with E-state index in [0.29, 0.717) is 24.0 Å². The van der Waals surface area contributed by atoms with Gasteiger partial charge in [0.2, 0.25) is 0 Å². The molecule has 0 saturated carbocycles. The summed E-state index contributed by atoms with van der Waals surface area (Å²) in [4.78, 5) is 38.7. The Kier molecular flexibility index (Phi) is 6.01. The van der Waals surface area contributed by atoms with Crippen molar-refractivity contribution in [2.75, 3.05) is 6.54 Å². The van der Waals surface area contributed by atoms with Gasteiger partial charge in [0.15, 0.2) is 0 Å². The summed E-state index contributed by atoms with van der Waals surface area (Å²) < 4.78 is 5.37. The van der Waals surface area contributed by atoms with Crippen LogP contribution in [0.2, 0.25) is 0 Å². The van der Waals surface area contributed by atoms with Gasteiger partial charge in [-0.15, -0.1) is 0 Å². The second kappa shape index (κ2) is 8.47. The number of nitrogens with zero attached hydrogens (tertiary/aromatic N) is 1. The van der Waals surface area contributed by atoms with Crippen LogP contribution in [0.4, 0.5) is 4.79 Å². The molecule has 1 aliphatic heterocycles. The van der Waals surface area contributed by atoms with Crippen molar-refractivity contribution >= 4 is 17.9 Å². The van der Waals surface area contributed by atoms with Gasteiger partial charge in [-0.3, -0.25) is 14.5 Å². The van der Waals surface area contributed by atoms with Gasteiger partial charge in [-0.2, -0.15) is 0 Å². The van der Waals surface area contributed by atoms with Crippen LogP contribution in [0.3, 0.4) is 0 Å². The third-order valence-electron chi connectivity index (χ3n) is 4.63. The third kappa shape index (κ3) is 5.22. The van der Waals surface area contributed by atoms with Crippen LogP contribution < -0.4 is 5.32 Å². The Labute approximate surface area is 170 Å². The van der Waals surface area contributed by atoms with Gasteiger partial charge in [0.05, 0.1) is 11.1 Å².